The summed E-state index contributed by atoms with van der Waals surface area (Å²) in [6.45, 7) is 1.27. The second-order valence-corrected chi connectivity index (χ2v) is 8.10. The number of rotatable bonds is 4. The molecule has 1 fully saturated rings. The molecular formula is C10H15ClN2O3S2. The van der Waals surface area contributed by atoms with Crippen LogP contribution < -0.4 is 10.0 Å². The molecule has 1 unspecified atom stereocenters. The lowest BCUT2D eigenvalue weighted by Gasteiger charge is -2.32. The van der Waals surface area contributed by atoms with Gasteiger partial charge >= 0.3 is 0 Å². The molecule has 1 atom stereocenters. The van der Waals surface area contributed by atoms with Gasteiger partial charge in [0.2, 0.25) is 10.0 Å². The molecule has 0 aliphatic carbocycles. The number of β-amino-alcohol motifs (C(OH)–C–C–N with tert-alkyl or cyclic N) is 1. The fourth-order valence-corrected chi connectivity index (χ4v) is 4.49. The second-order valence-electron chi connectivity index (χ2n) is 4.39. The van der Waals surface area contributed by atoms with Gasteiger partial charge in [-0.2, -0.15) is 0 Å². The number of hydrogen-bond donors (Lipinski definition) is 3. The molecule has 2 rings (SSSR count). The van der Waals surface area contributed by atoms with E-state index in [1.807, 2.05) is 0 Å². The lowest BCUT2D eigenvalue weighted by atomic mass is 9.95. The zero-order valence-corrected chi connectivity index (χ0v) is 12.0. The van der Waals surface area contributed by atoms with Crippen LogP contribution >= 0.6 is 22.9 Å². The summed E-state index contributed by atoms with van der Waals surface area (Å²) < 4.78 is 26.9. The fraction of sp³-hybridized carbons (Fsp3) is 0.600. The van der Waals surface area contributed by atoms with Crippen LogP contribution in [0.2, 0.25) is 4.34 Å². The van der Waals surface area contributed by atoms with Gasteiger partial charge in [-0.15, -0.1) is 11.3 Å². The van der Waals surface area contributed by atoms with E-state index >= 15 is 0 Å². The Labute approximate surface area is 115 Å². The summed E-state index contributed by atoms with van der Waals surface area (Å²) in [5, 5.41) is 13.2. The van der Waals surface area contributed by atoms with Crippen molar-refractivity contribution in [1.82, 2.24) is 10.0 Å². The third-order valence-electron chi connectivity index (χ3n) is 2.85. The van der Waals surface area contributed by atoms with Crippen molar-refractivity contribution < 1.29 is 13.5 Å². The SMILES string of the molecule is O=S(=O)(NCC1(O)CCCNC1)c1ccc(Cl)s1. The van der Waals surface area contributed by atoms with Crippen molar-refractivity contribution in [2.24, 2.45) is 0 Å². The molecule has 0 radical (unpaired) electrons. The van der Waals surface area contributed by atoms with Crippen LogP contribution in [-0.2, 0) is 10.0 Å². The Hall–Kier alpha value is -0.180. The monoisotopic (exact) mass is 310 g/mol. The zero-order chi connectivity index (χ0) is 13.2. The molecule has 2 heterocycles. The molecule has 1 aliphatic rings. The number of halogens is 1. The maximum Gasteiger partial charge on any atom is 0.250 e. The summed E-state index contributed by atoms with van der Waals surface area (Å²) in [5.74, 6) is 0. The van der Waals surface area contributed by atoms with Crippen LogP contribution in [0.5, 0.6) is 0 Å². The summed E-state index contributed by atoms with van der Waals surface area (Å²) >= 11 is 6.71. The molecule has 102 valence electrons. The molecule has 3 N–H and O–H groups in total. The van der Waals surface area contributed by atoms with Crippen LogP contribution in [0.3, 0.4) is 0 Å². The van der Waals surface area contributed by atoms with Gasteiger partial charge in [0.05, 0.1) is 9.94 Å². The normalized spacial score (nSPS) is 25.2. The number of thiophene rings is 1. The highest BCUT2D eigenvalue weighted by Gasteiger charge is 2.31. The van der Waals surface area contributed by atoms with E-state index in [1.54, 1.807) is 0 Å². The Morgan fingerprint density at radius 1 is 1.56 bits per heavy atom. The van der Waals surface area contributed by atoms with E-state index in [1.165, 1.54) is 12.1 Å². The third-order valence-corrected chi connectivity index (χ3v) is 5.98. The minimum absolute atomic E-state index is 0.0118. The van der Waals surface area contributed by atoms with Gasteiger partial charge in [-0.1, -0.05) is 11.6 Å². The molecule has 0 aromatic carbocycles. The molecule has 5 nitrogen and oxygen atoms in total. The second kappa shape index (κ2) is 5.44. The molecule has 0 saturated carbocycles. The van der Waals surface area contributed by atoms with Gasteiger partial charge < -0.3 is 10.4 Å². The van der Waals surface area contributed by atoms with Gasteiger partial charge in [-0.05, 0) is 31.5 Å². The van der Waals surface area contributed by atoms with Crippen LogP contribution in [0.4, 0.5) is 0 Å². The smallest absolute Gasteiger partial charge is 0.250 e. The third kappa shape index (κ3) is 3.43. The average Bonchev–Trinajstić information content (AvgIpc) is 2.76. The quantitative estimate of drug-likeness (QED) is 0.768. The molecule has 8 heteroatoms. The summed E-state index contributed by atoms with van der Waals surface area (Å²) in [6.07, 6.45) is 1.43. The zero-order valence-electron chi connectivity index (χ0n) is 9.65. The van der Waals surface area contributed by atoms with Crippen molar-refractivity contribution in [3.8, 4) is 0 Å². The minimum Gasteiger partial charge on any atom is -0.387 e. The van der Waals surface area contributed by atoms with Crippen molar-refractivity contribution in [3.63, 3.8) is 0 Å². The van der Waals surface area contributed by atoms with E-state index < -0.39 is 15.6 Å². The number of nitrogens with one attached hydrogen (secondary N) is 2. The van der Waals surface area contributed by atoms with Gasteiger partial charge in [0.1, 0.15) is 4.21 Å². The number of sulfonamides is 1. The molecule has 1 aliphatic heterocycles. The van der Waals surface area contributed by atoms with Crippen LogP contribution in [0.1, 0.15) is 12.8 Å². The predicted octanol–water partition coefficient (Wildman–Crippen LogP) is 0.794. The Morgan fingerprint density at radius 2 is 2.33 bits per heavy atom. The number of hydrogen-bond acceptors (Lipinski definition) is 5. The highest BCUT2D eigenvalue weighted by Crippen LogP contribution is 2.25. The molecule has 0 amide bonds. The average molecular weight is 311 g/mol. The Morgan fingerprint density at radius 3 is 2.89 bits per heavy atom. The molecular weight excluding hydrogens is 296 g/mol. The Bertz CT molecular complexity index is 509. The summed E-state index contributed by atoms with van der Waals surface area (Å²) in [4.78, 5) is 0. The number of aliphatic hydroxyl groups is 1. The Kier molecular flexibility index (Phi) is 4.30. The van der Waals surface area contributed by atoms with Crippen molar-refractivity contribution in [2.75, 3.05) is 19.6 Å². The lowest BCUT2D eigenvalue weighted by molar-refractivity contribution is 0.0218. The number of piperidine rings is 1. The van der Waals surface area contributed by atoms with E-state index in [0.29, 0.717) is 17.3 Å². The van der Waals surface area contributed by atoms with E-state index in [4.69, 9.17) is 11.6 Å². The van der Waals surface area contributed by atoms with E-state index in [0.717, 1.165) is 24.3 Å². The highest BCUT2D eigenvalue weighted by molar-refractivity contribution is 7.91. The highest BCUT2D eigenvalue weighted by atomic mass is 35.5. The first-order valence-electron chi connectivity index (χ1n) is 5.59. The molecule has 18 heavy (non-hydrogen) atoms. The maximum absolute atomic E-state index is 11.9. The first-order chi connectivity index (χ1) is 8.41. The van der Waals surface area contributed by atoms with Crippen LogP contribution in [-0.4, -0.2) is 38.8 Å². The van der Waals surface area contributed by atoms with Crippen molar-refractivity contribution >= 4 is 33.0 Å². The molecule has 1 saturated heterocycles. The van der Waals surface area contributed by atoms with Crippen molar-refractivity contribution in [2.45, 2.75) is 22.7 Å². The van der Waals surface area contributed by atoms with E-state index in [-0.39, 0.29) is 10.8 Å². The van der Waals surface area contributed by atoms with Gasteiger partial charge in [0.15, 0.2) is 0 Å². The van der Waals surface area contributed by atoms with E-state index in [9.17, 15) is 13.5 Å². The topological polar surface area (TPSA) is 78.4 Å². The summed E-state index contributed by atoms with van der Waals surface area (Å²) in [7, 11) is -3.58. The van der Waals surface area contributed by atoms with Gasteiger partial charge in [0, 0.05) is 13.1 Å². The van der Waals surface area contributed by atoms with Gasteiger partial charge in [-0.3, -0.25) is 0 Å². The molecule has 1 aromatic rings. The van der Waals surface area contributed by atoms with Crippen molar-refractivity contribution in [3.05, 3.63) is 16.5 Å². The lowest BCUT2D eigenvalue weighted by Crippen LogP contribution is -2.52. The molecule has 1 aromatic heterocycles. The van der Waals surface area contributed by atoms with Crippen LogP contribution in [0, 0.1) is 0 Å². The Balaban J connectivity index is 2.01. The summed E-state index contributed by atoms with van der Waals surface area (Å²) in [6, 6.07) is 3.00. The largest absolute Gasteiger partial charge is 0.387 e. The fourth-order valence-electron chi connectivity index (χ4n) is 1.85. The van der Waals surface area contributed by atoms with E-state index in [2.05, 4.69) is 10.0 Å². The minimum atomic E-state index is -3.58. The first-order valence-corrected chi connectivity index (χ1v) is 8.27. The first kappa shape index (κ1) is 14.2. The van der Waals surface area contributed by atoms with Crippen molar-refractivity contribution in [1.29, 1.82) is 0 Å². The standard InChI is InChI=1S/C10H15ClN2O3S2/c11-8-2-3-9(17-8)18(15,16)13-7-10(14)4-1-5-12-6-10/h2-3,12-14H,1,4-7H2. The van der Waals surface area contributed by atoms with Crippen LogP contribution in [0.25, 0.3) is 0 Å². The molecule has 0 bridgehead atoms. The predicted molar refractivity (Wildman–Crippen MR) is 71.6 cm³/mol. The van der Waals surface area contributed by atoms with Crippen LogP contribution in [0.15, 0.2) is 16.3 Å². The van der Waals surface area contributed by atoms with Gasteiger partial charge in [0.25, 0.3) is 0 Å². The maximum atomic E-state index is 11.9. The molecule has 0 spiro atoms. The van der Waals surface area contributed by atoms with Gasteiger partial charge in [-0.25, -0.2) is 13.1 Å². The summed E-state index contributed by atoms with van der Waals surface area (Å²) in [5.41, 5.74) is -1.01.